The van der Waals surface area contributed by atoms with Crippen molar-refractivity contribution in [2.24, 2.45) is 0 Å². The van der Waals surface area contributed by atoms with Crippen LogP contribution in [0.1, 0.15) is 47.9 Å². The highest BCUT2D eigenvalue weighted by molar-refractivity contribution is 5.92. The third-order valence-corrected chi connectivity index (χ3v) is 4.27. The molecule has 0 bridgehead atoms. The van der Waals surface area contributed by atoms with Gasteiger partial charge in [0.05, 0.1) is 13.2 Å². The van der Waals surface area contributed by atoms with Gasteiger partial charge in [0.2, 0.25) is 5.43 Å². The van der Waals surface area contributed by atoms with Gasteiger partial charge in [-0.3, -0.25) is 9.59 Å². The Hall–Kier alpha value is -2.76. The van der Waals surface area contributed by atoms with Gasteiger partial charge in [0.15, 0.2) is 5.75 Å². The molecule has 6 nitrogen and oxygen atoms in total. The summed E-state index contributed by atoms with van der Waals surface area (Å²) in [4.78, 5) is 27.3. The smallest absolute Gasteiger partial charge is 0.268 e. The molecule has 3 rings (SSSR count). The largest absolute Gasteiger partial charge is 0.491 e. The van der Waals surface area contributed by atoms with E-state index in [-0.39, 0.29) is 28.8 Å². The first-order valence-electron chi connectivity index (χ1n) is 8.16. The Morgan fingerprint density at radius 1 is 1.36 bits per heavy atom. The molecule has 6 heteroatoms. The van der Waals surface area contributed by atoms with E-state index < -0.39 is 5.60 Å². The SMILES string of the molecule is COc1c[nH]c(C(=O)NC2CC(C)(C)Oc3cc(C)ccc32)cc1=O. The van der Waals surface area contributed by atoms with Crippen LogP contribution in [0.5, 0.6) is 11.5 Å². The lowest BCUT2D eigenvalue weighted by atomic mass is 9.89. The number of pyridine rings is 1. The van der Waals surface area contributed by atoms with Crippen LogP contribution in [0.4, 0.5) is 0 Å². The van der Waals surface area contributed by atoms with E-state index in [0.29, 0.717) is 6.42 Å². The van der Waals surface area contributed by atoms with E-state index in [2.05, 4.69) is 10.3 Å². The van der Waals surface area contributed by atoms with Crippen LogP contribution in [0, 0.1) is 6.92 Å². The van der Waals surface area contributed by atoms with Gasteiger partial charge in [0.1, 0.15) is 17.0 Å². The van der Waals surface area contributed by atoms with Crippen molar-refractivity contribution >= 4 is 5.91 Å². The second-order valence-corrected chi connectivity index (χ2v) is 6.91. The summed E-state index contributed by atoms with van der Waals surface area (Å²) in [6.45, 7) is 5.99. The average Bonchev–Trinajstić information content (AvgIpc) is 2.53. The fraction of sp³-hybridized carbons (Fsp3) is 0.368. The number of H-pyrrole nitrogens is 1. The van der Waals surface area contributed by atoms with Crippen LogP contribution >= 0.6 is 0 Å². The number of fused-ring (bicyclic) bond motifs is 1. The maximum atomic E-state index is 12.6. The number of methoxy groups -OCH3 is 1. The lowest BCUT2D eigenvalue weighted by Crippen LogP contribution is -2.41. The van der Waals surface area contributed by atoms with Crippen LogP contribution in [-0.2, 0) is 0 Å². The van der Waals surface area contributed by atoms with Crippen molar-refractivity contribution < 1.29 is 14.3 Å². The lowest BCUT2D eigenvalue weighted by Gasteiger charge is -2.38. The Labute approximate surface area is 146 Å². The molecule has 1 aliphatic rings. The monoisotopic (exact) mass is 342 g/mol. The molecule has 0 radical (unpaired) electrons. The number of carbonyl (C=O) groups is 1. The quantitative estimate of drug-likeness (QED) is 0.899. The van der Waals surface area contributed by atoms with Gasteiger partial charge in [0.25, 0.3) is 5.91 Å². The van der Waals surface area contributed by atoms with Gasteiger partial charge in [-0.05, 0) is 32.4 Å². The van der Waals surface area contributed by atoms with Gasteiger partial charge in [-0.15, -0.1) is 0 Å². The number of nitrogens with one attached hydrogen (secondary N) is 2. The first kappa shape index (κ1) is 17.1. The summed E-state index contributed by atoms with van der Waals surface area (Å²) in [6.07, 6.45) is 2.03. The second-order valence-electron chi connectivity index (χ2n) is 6.91. The first-order chi connectivity index (χ1) is 11.8. The molecule has 0 saturated heterocycles. The van der Waals surface area contributed by atoms with Gasteiger partial charge in [-0.2, -0.15) is 0 Å². The molecule has 1 aliphatic heterocycles. The molecule has 1 aromatic carbocycles. The van der Waals surface area contributed by atoms with E-state index in [4.69, 9.17) is 9.47 Å². The Balaban J connectivity index is 1.88. The maximum absolute atomic E-state index is 12.6. The average molecular weight is 342 g/mol. The van der Waals surface area contributed by atoms with Crippen molar-refractivity contribution in [3.8, 4) is 11.5 Å². The van der Waals surface area contributed by atoms with Gasteiger partial charge < -0.3 is 19.8 Å². The molecule has 0 fully saturated rings. The van der Waals surface area contributed by atoms with E-state index >= 15 is 0 Å². The van der Waals surface area contributed by atoms with Crippen molar-refractivity contribution in [2.45, 2.75) is 38.8 Å². The van der Waals surface area contributed by atoms with Gasteiger partial charge in [-0.1, -0.05) is 12.1 Å². The molecule has 1 atom stereocenters. The van der Waals surface area contributed by atoms with E-state index in [1.165, 1.54) is 19.4 Å². The number of carbonyl (C=O) groups excluding carboxylic acids is 1. The Bertz CT molecular complexity index is 870. The number of hydrogen-bond donors (Lipinski definition) is 2. The number of amides is 1. The van der Waals surface area contributed by atoms with Gasteiger partial charge >= 0.3 is 0 Å². The van der Waals surface area contributed by atoms with Gasteiger partial charge in [-0.25, -0.2) is 0 Å². The van der Waals surface area contributed by atoms with E-state index in [1.54, 1.807) is 0 Å². The summed E-state index contributed by atoms with van der Waals surface area (Å²) in [7, 11) is 1.41. The zero-order chi connectivity index (χ0) is 18.2. The maximum Gasteiger partial charge on any atom is 0.268 e. The summed E-state index contributed by atoms with van der Waals surface area (Å²) < 4.78 is 11.0. The van der Waals surface area contributed by atoms with Crippen molar-refractivity contribution in [3.63, 3.8) is 0 Å². The van der Waals surface area contributed by atoms with E-state index in [0.717, 1.165) is 16.9 Å². The van der Waals surface area contributed by atoms with Crippen molar-refractivity contribution in [3.05, 3.63) is 57.5 Å². The minimum Gasteiger partial charge on any atom is -0.491 e. The molecule has 1 unspecified atom stereocenters. The highest BCUT2D eigenvalue weighted by atomic mass is 16.5. The molecule has 2 heterocycles. The van der Waals surface area contributed by atoms with Crippen molar-refractivity contribution in [1.82, 2.24) is 10.3 Å². The van der Waals surface area contributed by atoms with Crippen LogP contribution in [-0.4, -0.2) is 23.6 Å². The molecular weight excluding hydrogens is 320 g/mol. The summed E-state index contributed by atoms with van der Waals surface area (Å²) in [6, 6.07) is 6.99. The summed E-state index contributed by atoms with van der Waals surface area (Å²) >= 11 is 0. The summed E-state index contributed by atoms with van der Waals surface area (Å²) in [5, 5.41) is 3.00. The van der Waals surface area contributed by atoms with Crippen molar-refractivity contribution in [1.29, 1.82) is 0 Å². The Morgan fingerprint density at radius 2 is 2.12 bits per heavy atom. The van der Waals surface area contributed by atoms with E-state index in [9.17, 15) is 9.59 Å². The molecule has 2 aromatic rings. The minimum absolute atomic E-state index is 0.171. The molecule has 132 valence electrons. The third kappa shape index (κ3) is 3.52. The zero-order valence-electron chi connectivity index (χ0n) is 14.8. The molecule has 1 aromatic heterocycles. The fourth-order valence-electron chi connectivity index (χ4n) is 3.07. The molecule has 0 aliphatic carbocycles. The topological polar surface area (TPSA) is 80.4 Å². The number of benzene rings is 1. The van der Waals surface area contributed by atoms with Crippen molar-refractivity contribution in [2.75, 3.05) is 7.11 Å². The Morgan fingerprint density at radius 3 is 2.80 bits per heavy atom. The van der Waals surface area contributed by atoms with Crippen LogP contribution < -0.4 is 20.2 Å². The molecule has 0 spiro atoms. The van der Waals surface area contributed by atoms with Gasteiger partial charge in [0, 0.05) is 24.2 Å². The zero-order valence-corrected chi connectivity index (χ0v) is 14.8. The molecule has 1 amide bonds. The number of rotatable bonds is 3. The Kier molecular flexibility index (Phi) is 4.29. The minimum atomic E-state index is -0.397. The normalized spacial score (nSPS) is 18.0. The fourth-order valence-corrected chi connectivity index (χ4v) is 3.07. The molecular formula is C19H22N2O4. The van der Waals surface area contributed by atoms with Crippen LogP contribution in [0.2, 0.25) is 0 Å². The standard InChI is InChI=1S/C19H22N2O4/c1-11-5-6-12-14(9-19(2,3)25-16(12)7-11)21-18(23)13-8-15(22)17(24-4)10-20-13/h5-8,10,14H,9H2,1-4H3,(H,20,22)(H,21,23). The van der Waals surface area contributed by atoms with Crippen LogP contribution in [0.3, 0.4) is 0 Å². The molecule has 2 N–H and O–H groups in total. The highest BCUT2D eigenvalue weighted by Gasteiger charge is 2.34. The third-order valence-electron chi connectivity index (χ3n) is 4.27. The number of hydrogen-bond acceptors (Lipinski definition) is 4. The number of aryl methyl sites for hydroxylation is 1. The predicted octanol–water partition coefficient (Wildman–Crippen LogP) is 2.72. The number of aromatic nitrogens is 1. The van der Waals surface area contributed by atoms with Crippen LogP contribution in [0.15, 0.2) is 35.3 Å². The number of ether oxygens (including phenoxy) is 2. The summed E-state index contributed by atoms with van der Waals surface area (Å²) in [5.41, 5.74) is 1.50. The van der Waals surface area contributed by atoms with E-state index in [1.807, 2.05) is 39.0 Å². The predicted molar refractivity (Wildman–Crippen MR) is 94.3 cm³/mol. The van der Waals surface area contributed by atoms with Crippen LogP contribution in [0.25, 0.3) is 0 Å². The highest BCUT2D eigenvalue weighted by Crippen LogP contribution is 2.39. The first-order valence-corrected chi connectivity index (χ1v) is 8.16. The lowest BCUT2D eigenvalue weighted by molar-refractivity contribution is 0.0617. The molecule has 25 heavy (non-hydrogen) atoms. The second kappa shape index (κ2) is 6.27. The number of aromatic amines is 1. The summed E-state index contributed by atoms with van der Waals surface area (Å²) in [5.74, 6) is 0.614. The molecule has 0 saturated carbocycles.